The largest absolute Gasteiger partial charge is 0.458 e. The van der Waals surface area contributed by atoms with Crippen LogP contribution < -0.4 is 9.64 Å². The minimum atomic E-state index is -0.0819. The average Bonchev–Trinajstić information content (AvgIpc) is 2.73. The van der Waals surface area contributed by atoms with Crippen LogP contribution in [0.2, 0.25) is 0 Å². The molecule has 1 aromatic carbocycles. The van der Waals surface area contributed by atoms with Gasteiger partial charge in [-0.05, 0) is 57.0 Å². The van der Waals surface area contributed by atoms with Crippen LogP contribution >= 0.6 is 0 Å². The molecule has 7 heteroatoms. The molecule has 154 valence electrons. The normalized spacial score (nSPS) is 19.9. The highest BCUT2D eigenvalue weighted by Crippen LogP contribution is 2.21. The maximum Gasteiger partial charge on any atom is 0.317 e. The predicted octanol–water partition coefficient (Wildman–Crippen LogP) is 2.61. The number of benzene rings is 1. The van der Waals surface area contributed by atoms with Crippen LogP contribution in [0.4, 0.5) is 5.69 Å². The van der Waals surface area contributed by atoms with Crippen molar-refractivity contribution < 1.29 is 14.3 Å². The van der Waals surface area contributed by atoms with Crippen molar-refractivity contribution in [1.29, 1.82) is 0 Å². The first-order chi connectivity index (χ1) is 14.1. The lowest BCUT2D eigenvalue weighted by atomic mass is 10.1. The van der Waals surface area contributed by atoms with Crippen LogP contribution in [0.15, 0.2) is 30.3 Å². The molecular formula is C22H28N4O3. The van der Waals surface area contributed by atoms with Gasteiger partial charge in [0, 0.05) is 42.3 Å². The molecule has 0 saturated carbocycles. The number of piperidine rings is 1. The van der Waals surface area contributed by atoms with Crippen LogP contribution in [0.25, 0.3) is 0 Å². The van der Waals surface area contributed by atoms with Crippen LogP contribution in [-0.4, -0.2) is 66.3 Å². The molecule has 0 unspecified atom stereocenters. The Morgan fingerprint density at radius 2 is 1.76 bits per heavy atom. The lowest BCUT2D eigenvalue weighted by Crippen LogP contribution is -2.44. The molecule has 2 saturated heterocycles. The van der Waals surface area contributed by atoms with E-state index in [1.807, 2.05) is 49.1 Å². The maximum atomic E-state index is 13.0. The van der Waals surface area contributed by atoms with Gasteiger partial charge < -0.3 is 19.3 Å². The molecule has 0 aliphatic carbocycles. The van der Waals surface area contributed by atoms with Crippen molar-refractivity contribution in [3.05, 3.63) is 47.3 Å². The second-order valence-electron chi connectivity index (χ2n) is 7.71. The van der Waals surface area contributed by atoms with Crippen LogP contribution in [-0.2, 0) is 4.74 Å². The molecule has 0 radical (unpaired) electrons. The van der Waals surface area contributed by atoms with E-state index in [0.717, 1.165) is 62.8 Å². The van der Waals surface area contributed by atoms with Crippen LogP contribution in [0, 0.1) is 13.8 Å². The molecular weight excluding hydrogens is 368 g/mol. The van der Waals surface area contributed by atoms with Gasteiger partial charge in [0.1, 0.15) is 6.10 Å². The number of aromatic nitrogens is 2. The predicted molar refractivity (Wildman–Crippen MR) is 111 cm³/mol. The minimum absolute atomic E-state index is 0.0492. The Morgan fingerprint density at radius 1 is 1.07 bits per heavy atom. The maximum absolute atomic E-state index is 13.0. The molecule has 1 amide bonds. The Kier molecular flexibility index (Phi) is 5.94. The summed E-state index contributed by atoms with van der Waals surface area (Å²) in [5.41, 5.74) is 3.62. The summed E-state index contributed by atoms with van der Waals surface area (Å²) in [6.45, 7) is 8.44. The number of carbonyl (C=O) groups is 1. The van der Waals surface area contributed by atoms with Crippen molar-refractivity contribution in [2.75, 3.05) is 44.3 Å². The zero-order chi connectivity index (χ0) is 20.2. The summed E-state index contributed by atoms with van der Waals surface area (Å²) in [4.78, 5) is 25.9. The van der Waals surface area contributed by atoms with E-state index >= 15 is 0 Å². The van der Waals surface area contributed by atoms with Gasteiger partial charge in [-0.3, -0.25) is 4.79 Å². The van der Waals surface area contributed by atoms with Gasteiger partial charge in [0.25, 0.3) is 5.91 Å². The molecule has 4 rings (SSSR count). The van der Waals surface area contributed by atoms with E-state index in [1.165, 1.54) is 0 Å². The first kappa shape index (κ1) is 19.6. The molecule has 0 N–H and O–H groups in total. The summed E-state index contributed by atoms with van der Waals surface area (Å²) in [6, 6.07) is 10.2. The molecule has 2 aliphatic heterocycles. The molecule has 2 aromatic rings. The van der Waals surface area contributed by atoms with Crippen LogP contribution in [0.1, 0.15) is 34.6 Å². The number of rotatable bonds is 4. The summed E-state index contributed by atoms with van der Waals surface area (Å²) in [5, 5.41) is 0. The van der Waals surface area contributed by atoms with E-state index in [9.17, 15) is 4.79 Å². The quantitative estimate of drug-likeness (QED) is 0.791. The third-order valence-electron chi connectivity index (χ3n) is 5.39. The molecule has 0 bridgehead atoms. The third kappa shape index (κ3) is 4.85. The smallest absolute Gasteiger partial charge is 0.317 e. The Bertz CT molecular complexity index is 829. The molecule has 2 fully saturated rings. The van der Waals surface area contributed by atoms with Gasteiger partial charge in [0.05, 0.1) is 19.8 Å². The topological polar surface area (TPSA) is 67.8 Å². The van der Waals surface area contributed by atoms with Crippen molar-refractivity contribution in [3.63, 3.8) is 0 Å². The molecule has 1 aromatic heterocycles. The van der Waals surface area contributed by atoms with E-state index in [-0.39, 0.29) is 12.0 Å². The number of carbonyl (C=O) groups excluding carboxylic acids is 1. The minimum Gasteiger partial charge on any atom is -0.458 e. The Balaban J connectivity index is 1.39. The van der Waals surface area contributed by atoms with Crippen molar-refractivity contribution in [2.24, 2.45) is 0 Å². The Hall–Kier alpha value is -2.67. The van der Waals surface area contributed by atoms with Crippen LogP contribution in [0.3, 0.4) is 0 Å². The standard InChI is InChI=1S/C22H28N4O3/c1-16-14-17(2)24-22(23-16)29-20-4-3-9-26(15-20)21(27)18-5-7-19(8-6-18)25-10-12-28-13-11-25/h5-8,14,20H,3-4,9-13,15H2,1-2H3/t20-/m0/s1. The van der Waals surface area contributed by atoms with E-state index in [1.54, 1.807) is 0 Å². The van der Waals surface area contributed by atoms with Gasteiger partial charge in [0.2, 0.25) is 0 Å². The summed E-state index contributed by atoms with van der Waals surface area (Å²) in [7, 11) is 0. The van der Waals surface area contributed by atoms with E-state index in [0.29, 0.717) is 18.1 Å². The molecule has 2 aliphatic rings. The zero-order valence-electron chi connectivity index (χ0n) is 17.1. The summed E-state index contributed by atoms with van der Waals surface area (Å²) in [6.07, 6.45) is 1.73. The number of ether oxygens (including phenoxy) is 2. The highest BCUT2D eigenvalue weighted by atomic mass is 16.5. The first-order valence-electron chi connectivity index (χ1n) is 10.3. The number of anilines is 1. The third-order valence-corrected chi connectivity index (χ3v) is 5.39. The fourth-order valence-electron chi connectivity index (χ4n) is 3.93. The van der Waals surface area contributed by atoms with Gasteiger partial charge >= 0.3 is 6.01 Å². The van der Waals surface area contributed by atoms with Crippen molar-refractivity contribution in [1.82, 2.24) is 14.9 Å². The molecule has 7 nitrogen and oxygen atoms in total. The average molecular weight is 396 g/mol. The monoisotopic (exact) mass is 396 g/mol. The number of nitrogens with zero attached hydrogens (tertiary/aromatic N) is 4. The van der Waals surface area contributed by atoms with Gasteiger partial charge in [-0.2, -0.15) is 0 Å². The van der Waals surface area contributed by atoms with Crippen molar-refractivity contribution in [2.45, 2.75) is 32.8 Å². The fourth-order valence-corrected chi connectivity index (χ4v) is 3.93. The number of hydrogen-bond donors (Lipinski definition) is 0. The first-order valence-corrected chi connectivity index (χ1v) is 10.3. The number of aryl methyl sites for hydroxylation is 2. The molecule has 29 heavy (non-hydrogen) atoms. The number of likely N-dealkylation sites (tertiary alicyclic amines) is 1. The zero-order valence-corrected chi connectivity index (χ0v) is 17.1. The highest BCUT2D eigenvalue weighted by Gasteiger charge is 2.26. The van der Waals surface area contributed by atoms with Gasteiger partial charge in [0.15, 0.2) is 0 Å². The van der Waals surface area contributed by atoms with E-state index in [4.69, 9.17) is 9.47 Å². The molecule has 3 heterocycles. The van der Waals surface area contributed by atoms with Crippen molar-refractivity contribution in [3.8, 4) is 6.01 Å². The lowest BCUT2D eigenvalue weighted by molar-refractivity contribution is 0.0515. The molecule has 0 spiro atoms. The SMILES string of the molecule is Cc1cc(C)nc(O[C@H]2CCCN(C(=O)c3ccc(N4CCOCC4)cc3)C2)n1. The number of morpholine rings is 1. The van der Waals surface area contributed by atoms with Gasteiger partial charge in [-0.15, -0.1) is 0 Å². The second-order valence-corrected chi connectivity index (χ2v) is 7.71. The number of hydrogen-bond acceptors (Lipinski definition) is 6. The van der Waals surface area contributed by atoms with Crippen molar-refractivity contribution >= 4 is 11.6 Å². The summed E-state index contributed by atoms with van der Waals surface area (Å²) >= 11 is 0. The van der Waals surface area contributed by atoms with E-state index in [2.05, 4.69) is 14.9 Å². The van der Waals surface area contributed by atoms with Gasteiger partial charge in [-0.25, -0.2) is 9.97 Å². The highest BCUT2D eigenvalue weighted by molar-refractivity contribution is 5.94. The van der Waals surface area contributed by atoms with Crippen LogP contribution in [0.5, 0.6) is 6.01 Å². The molecule has 1 atom stereocenters. The second kappa shape index (κ2) is 8.78. The summed E-state index contributed by atoms with van der Waals surface area (Å²) < 4.78 is 11.4. The number of amides is 1. The fraction of sp³-hybridized carbons (Fsp3) is 0.500. The van der Waals surface area contributed by atoms with E-state index < -0.39 is 0 Å². The Morgan fingerprint density at radius 3 is 2.45 bits per heavy atom. The Labute approximate surface area is 171 Å². The van der Waals surface area contributed by atoms with Gasteiger partial charge in [-0.1, -0.05) is 0 Å². The summed E-state index contributed by atoms with van der Waals surface area (Å²) in [5.74, 6) is 0.0492. The lowest BCUT2D eigenvalue weighted by Gasteiger charge is -2.32.